The maximum atomic E-state index is 6.50. The van der Waals surface area contributed by atoms with E-state index in [9.17, 15) is 0 Å². The van der Waals surface area contributed by atoms with Crippen LogP contribution in [0.5, 0.6) is 0 Å². The van der Waals surface area contributed by atoms with Crippen LogP contribution in [0.2, 0.25) is 0 Å². The summed E-state index contributed by atoms with van der Waals surface area (Å²) in [6, 6.07) is 0. The van der Waals surface area contributed by atoms with Gasteiger partial charge in [0.25, 0.3) is 0 Å². The summed E-state index contributed by atoms with van der Waals surface area (Å²) in [6.45, 7) is 5.83. The van der Waals surface area contributed by atoms with Crippen molar-refractivity contribution in [3.8, 4) is 0 Å². The first kappa shape index (κ1) is 11.0. The summed E-state index contributed by atoms with van der Waals surface area (Å²) >= 11 is 0. The Kier molecular flexibility index (Phi) is 19.1. The summed E-state index contributed by atoms with van der Waals surface area (Å²) in [5.74, 6) is 0. The summed E-state index contributed by atoms with van der Waals surface area (Å²) < 4.78 is 0. The molecule has 0 saturated carbocycles. The van der Waals surface area contributed by atoms with Crippen LogP contribution < -0.4 is 0 Å². The number of hydrogen-bond donors (Lipinski definition) is 1. The predicted octanol–water partition coefficient (Wildman–Crippen LogP) is 2.27. The molecule has 0 aromatic carbocycles. The van der Waals surface area contributed by atoms with Crippen LogP contribution in [0.3, 0.4) is 0 Å². The summed E-state index contributed by atoms with van der Waals surface area (Å²) in [4.78, 5) is 3.70. The molecule has 0 atom stereocenters. The van der Waals surface area contributed by atoms with E-state index in [-0.39, 0.29) is 0 Å². The van der Waals surface area contributed by atoms with Crippen molar-refractivity contribution >= 4 is 12.4 Å². The van der Waals surface area contributed by atoms with E-state index in [1.807, 2.05) is 20.8 Å². The van der Waals surface area contributed by atoms with Crippen LogP contribution in [-0.2, 0) is 0 Å². The van der Waals surface area contributed by atoms with Gasteiger partial charge in [0.05, 0.1) is 0 Å². The predicted molar refractivity (Wildman–Crippen MR) is 43.4 cm³/mol. The molecular weight excluding hydrogens is 112 g/mol. The van der Waals surface area contributed by atoms with Crippen molar-refractivity contribution in [1.82, 2.24) is 0 Å². The first-order valence-corrected chi connectivity index (χ1v) is 3.05. The van der Waals surface area contributed by atoms with Gasteiger partial charge in [-0.1, -0.05) is 13.8 Å². The second-order valence-corrected chi connectivity index (χ2v) is 0.915. The SMILES string of the molecule is CC.CC=N/C=C\C=N. The molecule has 0 aliphatic rings. The largest absolute Gasteiger partial charge is 0.309 e. The molecule has 0 fully saturated rings. The van der Waals surface area contributed by atoms with E-state index in [1.165, 1.54) is 6.21 Å². The van der Waals surface area contributed by atoms with Crippen LogP contribution in [0.1, 0.15) is 20.8 Å². The fourth-order valence-corrected chi connectivity index (χ4v) is 0.179. The molecular formula is C7H14N2. The Balaban J connectivity index is 0. The van der Waals surface area contributed by atoms with Crippen molar-refractivity contribution in [3.63, 3.8) is 0 Å². The van der Waals surface area contributed by atoms with Gasteiger partial charge in [0.2, 0.25) is 0 Å². The minimum absolute atomic E-state index is 1.19. The number of nitrogens with one attached hydrogen (secondary N) is 1. The highest BCUT2D eigenvalue weighted by Crippen LogP contribution is 1.66. The summed E-state index contributed by atoms with van der Waals surface area (Å²) in [7, 11) is 0. The molecule has 0 saturated heterocycles. The normalized spacial score (nSPS) is 9.22. The molecule has 1 N–H and O–H groups in total. The first-order chi connectivity index (χ1) is 4.41. The quantitative estimate of drug-likeness (QED) is 0.551. The Morgan fingerprint density at radius 1 is 1.33 bits per heavy atom. The Labute approximate surface area is 56.8 Å². The molecule has 0 amide bonds. The lowest BCUT2D eigenvalue weighted by Gasteiger charge is -1.65. The number of aliphatic imine (C=N–C) groups is 1. The monoisotopic (exact) mass is 126 g/mol. The number of hydrogen-bond acceptors (Lipinski definition) is 2. The van der Waals surface area contributed by atoms with Crippen LogP contribution in [0.15, 0.2) is 17.3 Å². The molecule has 2 heteroatoms. The Morgan fingerprint density at radius 2 is 1.89 bits per heavy atom. The second kappa shape index (κ2) is 15.7. The highest BCUT2D eigenvalue weighted by Gasteiger charge is 1.53. The van der Waals surface area contributed by atoms with Crippen molar-refractivity contribution in [1.29, 1.82) is 5.41 Å². The summed E-state index contributed by atoms with van der Waals surface area (Å²) in [6.07, 6.45) is 5.97. The molecule has 9 heavy (non-hydrogen) atoms. The van der Waals surface area contributed by atoms with E-state index < -0.39 is 0 Å². The molecule has 0 unspecified atom stereocenters. The van der Waals surface area contributed by atoms with E-state index >= 15 is 0 Å². The van der Waals surface area contributed by atoms with Crippen LogP contribution in [0.25, 0.3) is 0 Å². The summed E-state index contributed by atoms with van der Waals surface area (Å²) in [5, 5.41) is 6.50. The van der Waals surface area contributed by atoms with Gasteiger partial charge in [-0.25, -0.2) is 0 Å². The van der Waals surface area contributed by atoms with Crippen molar-refractivity contribution < 1.29 is 0 Å². The zero-order valence-electron chi connectivity index (χ0n) is 6.26. The number of allylic oxidation sites excluding steroid dienone is 1. The van der Waals surface area contributed by atoms with Crippen molar-refractivity contribution in [2.75, 3.05) is 0 Å². The topological polar surface area (TPSA) is 36.2 Å². The Bertz CT molecular complexity index is 93.1. The number of nitrogens with zero attached hydrogens (tertiary/aromatic N) is 1. The van der Waals surface area contributed by atoms with Crippen LogP contribution in [0.4, 0.5) is 0 Å². The highest BCUT2D eigenvalue weighted by atomic mass is 14.6. The molecule has 0 aliphatic carbocycles. The first-order valence-electron chi connectivity index (χ1n) is 3.05. The minimum atomic E-state index is 1.19. The fraction of sp³-hybridized carbons (Fsp3) is 0.429. The molecule has 2 nitrogen and oxygen atoms in total. The third kappa shape index (κ3) is 19.3. The van der Waals surface area contributed by atoms with Gasteiger partial charge >= 0.3 is 0 Å². The third-order valence-electron chi connectivity index (χ3n) is 0.417. The maximum absolute atomic E-state index is 6.50. The Morgan fingerprint density at radius 3 is 2.22 bits per heavy atom. The van der Waals surface area contributed by atoms with Gasteiger partial charge in [-0.2, -0.15) is 0 Å². The van der Waals surface area contributed by atoms with Crippen molar-refractivity contribution in [2.24, 2.45) is 4.99 Å². The molecule has 0 aliphatic heterocycles. The maximum Gasteiger partial charge on any atom is 0.0278 e. The molecule has 0 spiro atoms. The fourth-order valence-electron chi connectivity index (χ4n) is 0.179. The van der Waals surface area contributed by atoms with E-state index in [0.29, 0.717) is 0 Å². The Hall–Kier alpha value is -0.920. The van der Waals surface area contributed by atoms with Gasteiger partial charge in [-0.15, -0.1) is 0 Å². The van der Waals surface area contributed by atoms with Gasteiger partial charge in [0.1, 0.15) is 0 Å². The van der Waals surface area contributed by atoms with Gasteiger partial charge in [0.15, 0.2) is 0 Å². The number of rotatable bonds is 2. The smallest absolute Gasteiger partial charge is 0.0278 e. The molecule has 0 rings (SSSR count). The van der Waals surface area contributed by atoms with Crippen molar-refractivity contribution in [3.05, 3.63) is 12.3 Å². The molecule has 0 aromatic rings. The molecule has 0 heterocycles. The standard InChI is InChI=1S/C5H8N2.C2H6/c1-2-7-5-3-4-6;1-2/h2-6H,1H3;1-2H3/b5-3-,6-4?,7-2?;. The van der Waals surface area contributed by atoms with Crippen LogP contribution in [-0.4, -0.2) is 12.4 Å². The van der Waals surface area contributed by atoms with E-state index in [2.05, 4.69) is 4.99 Å². The van der Waals surface area contributed by atoms with E-state index in [0.717, 1.165) is 0 Å². The van der Waals surface area contributed by atoms with Crippen molar-refractivity contribution in [2.45, 2.75) is 20.8 Å². The lowest BCUT2D eigenvalue weighted by Crippen LogP contribution is -1.56. The molecule has 0 bridgehead atoms. The van der Waals surface area contributed by atoms with Gasteiger partial charge in [-0.05, 0) is 13.0 Å². The van der Waals surface area contributed by atoms with Crippen LogP contribution >= 0.6 is 0 Å². The second-order valence-electron chi connectivity index (χ2n) is 0.915. The summed E-state index contributed by atoms with van der Waals surface area (Å²) in [5.41, 5.74) is 0. The van der Waals surface area contributed by atoms with E-state index in [4.69, 9.17) is 5.41 Å². The van der Waals surface area contributed by atoms with Gasteiger partial charge in [-0.3, -0.25) is 4.99 Å². The molecule has 0 aromatic heterocycles. The van der Waals surface area contributed by atoms with Crippen LogP contribution in [0, 0.1) is 5.41 Å². The molecule has 52 valence electrons. The average molecular weight is 126 g/mol. The third-order valence-corrected chi connectivity index (χ3v) is 0.417. The van der Waals surface area contributed by atoms with Gasteiger partial charge in [0, 0.05) is 18.6 Å². The average Bonchev–Trinajstić information content (AvgIpc) is 1.94. The van der Waals surface area contributed by atoms with E-state index in [1.54, 1.807) is 18.5 Å². The lowest BCUT2D eigenvalue weighted by molar-refractivity contribution is 1.50. The zero-order chi connectivity index (χ0) is 7.54. The highest BCUT2D eigenvalue weighted by molar-refractivity contribution is 5.68. The van der Waals surface area contributed by atoms with Gasteiger partial charge < -0.3 is 5.41 Å². The molecule has 0 radical (unpaired) electrons. The lowest BCUT2D eigenvalue weighted by atomic mass is 10.7. The minimum Gasteiger partial charge on any atom is -0.309 e. The zero-order valence-corrected chi connectivity index (χ0v) is 6.26.